The fraction of sp³-hybridized carbons (Fsp3) is 0.333. The van der Waals surface area contributed by atoms with Crippen LogP contribution in [-0.2, 0) is 0 Å². The van der Waals surface area contributed by atoms with Crippen LogP contribution >= 0.6 is 15.9 Å². The van der Waals surface area contributed by atoms with Gasteiger partial charge in [0.25, 0.3) is 0 Å². The summed E-state index contributed by atoms with van der Waals surface area (Å²) in [5.41, 5.74) is 2.73. The molecule has 1 heteroatoms. The number of hydrogen-bond donors (Lipinski definition) is 0. The monoisotopic (exact) mass is 198 g/mol. The Morgan fingerprint density at radius 2 is 1.90 bits per heavy atom. The molecule has 1 rings (SSSR count). The van der Waals surface area contributed by atoms with Crippen molar-refractivity contribution in [3.63, 3.8) is 0 Å². The van der Waals surface area contributed by atoms with Gasteiger partial charge < -0.3 is 0 Å². The molecule has 1 aromatic rings. The summed E-state index contributed by atoms with van der Waals surface area (Å²) in [5, 5.41) is 0. The smallest absolute Gasteiger partial charge is 0.0369 e. The average molecular weight is 199 g/mol. The van der Waals surface area contributed by atoms with Crippen molar-refractivity contribution < 1.29 is 0 Å². The predicted octanol–water partition coefficient (Wildman–Crippen LogP) is 3.45. The maximum absolute atomic E-state index is 3.53. The van der Waals surface area contributed by atoms with Crippen molar-refractivity contribution in [3.05, 3.63) is 35.4 Å². The highest BCUT2D eigenvalue weighted by Gasteiger charge is 2.01. The van der Waals surface area contributed by atoms with E-state index in [0.717, 1.165) is 0 Å². The standard InChI is InChI=1S/C9H11Br/c1-7-5-3-4-6-9(7)8(2)10/h3-6,8H,1-2H3. The van der Waals surface area contributed by atoms with Gasteiger partial charge in [-0.3, -0.25) is 0 Å². The fourth-order valence-electron chi connectivity index (χ4n) is 1.03. The molecule has 0 nitrogen and oxygen atoms in total. The van der Waals surface area contributed by atoms with Crippen LogP contribution in [0, 0.1) is 6.92 Å². The van der Waals surface area contributed by atoms with Crippen molar-refractivity contribution in [3.8, 4) is 0 Å². The number of aryl methyl sites for hydroxylation is 1. The lowest BCUT2D eigenvalue weighted by Gasteiger charge is -2.05. The highest BCUT2D eigenvalue weighted by Crippen LogP contribution is 2.23. The molecule has 54 valence electrons. The molecule has 0 saturated heterocycles. The largest absolute Gasteiger partial charge is 0.0842 e. The molecule has 0 fully saturated rings. The van der Waals surface area contributed by atoms with Gasteiger partial charge in [-0.05, 0) is 25.0 Å². The third-order valence-electron chi connectivity index (χ3n) is 1.62. The molecule has 0 N–H and O–H groups in total. The maximum atomic E-state index is 3.53. The fourth-order valence-corrected chi connectivity index (χ4v) is 1.55. The Balaban J connectivity index is 3.03. The molecule has 1 unspecified atom stereocenters. The number of hydrogen-bond acceptors (Lipinski definition) is 0. The van der Waals surface area contributed by atoms with Gasteiger partial charge in [0, 0.05) is 4.83 Å². The van der Waals surface area contributed by atoms with Crippen LogP contribution in [0.2, 0.25) is 0 Å². The summed E-state index contributed by atoms with van der Waals surface area (Å²) in [7, 11) is 0. The minimum atomic E-state index is 0.466. The predicted molar refractivity (Wildman–Crippen MR) is 48.5 cm³/mol. The van der Waals surface area contributed by atoms with E-state index in [1.807, 2.05) is 0 Å². The molecule has 0 spiro atoms. The van der Waals surface area contributed by atoms with Crippen LogP contribution in [0.25, 0.3) is 0 Å². The molecule has 0 aromatic heterocycles. The first-order valence-electron chi connectivity index (χ1n) is 3.41. The van der Waals surface area contributed by atoms with Gasteiger partial charge in [0.15, 0.2) is 0 Å². The summed E-state index contributed by atoms with van der Waals surface area (Å²) in [6.07, 6.45) is 0. The zero-order chi connectivity index (χ0) is 7.56. The number of benzene rings is 1. The van der Waals surface area contributed by atoms with Gasteiger partial charge in [-0.15, -0.1) is 0 Å². The molecule has 0 aliphatic heterocycles. The van der Waals surface area contributed by atoms with Crippen molar-refractivity contribution in [2.24, 2.45) is 0 Å². The molecule has 1 aromatic carbocycles. The number of halogens is 1. The SMILES string of the molecule is Cc1ccccc1C(C)Br. The summed E-state index contributed by atoms with van der Waals surface area (Å²) in [4.78, 5) is 0.466. The summed E-state index contributed by atoms with van der Waals surface area (Å²) in [5.74, 6) is 0. The van der Waals surface area contributed by atoms with Crippen LogP contribution in [0.4, 0.5) is 0 Å². The summed E-state index contributed by atoms with van der Waals surface area (Å²) >= 11 is 3.53. The molecule has 1 atom stereocenters. The summed E-state index contributed by atoms with van der Waals surface area (Å²) in [6, 6.07) is 8.41. The Bertz CT molecular complexity index is 216. The van der Waals surface area contributed by atoms with Gasteiger partial charge >= 0.3 is 0 Å². The molecular formula is C9H11Br. The highest BCUT2D eigenvalue weighted by molar-refractivity contribution is 9.09. The van der Waals surface area contributed by atoms with Crippen LogP contribution < -0.4 is 0 Å². The first-order chi connectivity index (χ1) is 4.72. The van der Waals surface area contributed by atoms with Crippen molar-refractivity contribution in [2.75, 3.05) is 0 Å². The normalized spacial score (nSPS) is 13.1. The molecule has 0 heterocycles. The third kappa shape index (κ3) is 1.60. The third-order valence-corrected chi connectivity index (χ3v) is 2.11. The van der Waals surface area contributed by atoms with E-state index < -0.39 is 0 Å². The molecule has 0 bridgehead atoms. The van der Waals surface area contributed by atoms with E-state index in [9.17, 15) is 0 Å². The van der Waals surface area contributed by atoms with E-state index in [2.05, 4.69) is 54.0 Å². The Morgan fingerprint density at radius 1 is 1.30 bits per heavy atom. The van der Waals surface area contributed by atoms with Crippen LogP contribution in [0.1, 0.15) is 22.9 Å². The van der Waals surface area contributed by atoms with Crippen LogP contribution in [-0.4, -0.2) is 0 Å². The van der Waals surface area contributed by atoms with Gasteiger partial charge in [-0.2, -0.15) is 0 Å². The molecule has 0 radical (unpaired) electrons. The average Bonchev–Trinajstić information content (AvgIpc) is 1.88. The molecule has 0 amide bonds. The van der Waals surface area contributed by atoms with Gasteiger partial charge in [0.2, 0.25) is 0 Å². The first-order valence-corrected chi connectivity index (χ1v) is 4.33. The van der Waals surface area contributed by atoms with Crippen molar-refractivity contribution in [2.45, 2.75) is 18.7 Å². The van der Waals surface area contributed by atoms with Gasteiger partial charge in [0.05, 0.1) is 0 Å². The van der Waals surface area contributed by atoms with Gasteiger partial charge in [0.1, 0.15) is 0 Å². The van der Waals surface area contributed by atoms with Crippen molar-refractivity contribution in [1.82, 2.24) is 0 Å². The second kappa shape index (κ2) is 3.20. The molecule has 0 aliphatic carbocycles. The first kappa shape index (κ1) is 7.80. The Labute approximate surface area is 70.4 Å². The van der Waals surface area contributed by atoms with Crippen LogP contribution in [0.15, 0.2) is 24.3 Å². The van der Waals surface area contributed by atoms with Crippen molar-refractivity contribution >= 4 is 15.9 Å². The van der Waals surface area contributed by atoms with Gasteiger partial charge in [-0.25, -0.2) is 0 Å². The lowest BCUT2D eigenvalue weighted by atomic mass is 10.1. The minimum Gasteiger partial charge on any atom is -0.0842 e. The Kier molecular flexibility index (Phi) is 2.50. The second-order valence-electron chi connectivity index (χ2n) is 2.47. The van der Waals surface area contributed by atoms with E-state index in [1.54, 1.807) is 0 Å². The highest BCUT2D eigenvalue weighted by atomic mass is 79.9. The Morgan fingerprint density at radius 3 is 2.30 bits per heavy atom. The molecule has 0 aliphatic rings. The van der Waals surface area contributed by atoms with E-state index in [0.29, 0.717) is 4.83 Å². The second-order valence-corrected chi connectivity index (χ2v) is 3.85. The van der Waals surface area contributed by atoms with E-state index in [1.165, 1.54) is 11.1 Å². The Hall–Kier alpha value is -0.300. The molecular weight excluding hydrogens is 188 g/mol. The minimum absolute atomic E-state index is 0.466. The molecule has 0 saturated carbocycles. The van der Waals surface area contributed by atoms with Gasteiger partial charge in [-0.1, -0.05) is 40.2 Å². The van der Waals surface area contributed by atoms with E-state index in [4.69, 9.17) is 0 Å². The molecule has 10 heavy (non-hydrogen) atoms. The lowest BCUT2D eigenvalue weighted by molar-refractivity contribution is 1.10. The maximum Gasteiger partial charge on any atom is 0.0369 e. The lowest BCUT2D eigenvalue weighted by Crippen LogP contribution is -1.86. The van der Waals surface area contributed by atoms with E-state index >= 15 is 0 Å². The quantitative estimate of drug-likeness (QED) is 0.607. The number of rotatable bonds is 1. The zero-order valence-electron chi connectivity index (χ0n) is 6.26. The van der Waals surface area contributed by atoms with Crippen LogP contribution in [0.3, 0.4) is 0 Å². The van der Waals surface area contributed by atoms with Crippen LogP contribution in [0.5, 0.6) is 0 Å². The summed E-state index contributed by atoms with van der Waals surface area (Å²) in [6.45, 7) is 4.27. The summed E-state index contributed by atoms with van der Waals surface area (Å²) < 4.78 is 0. The zero-order valence-corrected chi connectivity index (χ0v) is 7.85. The van der Waals surface area contributed by atoms with Crippen molar-refractivity contribution in [1.29, 1.82) is 0 Å². The van der Waals surface area contributed by atoms with E-state index in [-0.39, 0.29) is 0 Å². The number of alkyl halides is 1. The topological polar surface area (TPSA) is 0 Å².